The second-order valence-corrected chi connectivity index (χ2v) is 17.1. The van der Waals surface area contributed by atoms with E-state index in [9.17, 15) is 14.4 Å². The number of anilines is 2. The molecule has 58 heavy (non-hydrogen) atoms. The van der Waals surface area contributed by atoms with Crippen molar-refractivity contribution in [3.63, 3.8) is 0 Å². The van der Waals surface area contributed by atoms with Gasteiger partial charge < -0.3 is 19.1 Å². The van der Waals surface area contributed by atoms with Crippen molar-refractivity contribution in [1.29, 1.82) is 0 Å². The Hall–Kier alpha value is -5.33. The van der Waals surface area contributed by atoms with Gasteiger partial charge in [-0.1, -0.05) is 47.7 Å². The summed E-state index contributed by atoms with van der Waals surface area (Å²) >= 11 is 1.45. The molecular formula is C46H53N5O6S. The summed E-state index contributed by atoms with van der Waals surface area (Å²) in [6, 6.07) is 23.5. The molecule has 4 heterocycles. The number of carbonyl (C=O) groups is 3. The number of amides is 1. The van der Waals surface area contributed by atoms with Gasteiger partial charge in [-0.25, -0.2) is 14.8 Å². The second kappa shape index (κ2) is 18.1. The third-order valence-electron chi connectivity index (χ3n) is 10.7. The molecule has 3 aromatic carbocycles. The fraction of sp³-hybridized carbons (Fsp3) is 0.413. The number of hydrogen-bond acceptors (Lipinski definition) is 11. The standard InChI is InChI=1S/C46H53N5O6S/c1-6-55-41(52)29-50-24-11-13-31(27-50)14-12-26-56-38-19-10-16-33(30(38)2)34-21-22-40(48-42(34)44(54)57-46(3,4)5)51-25-23-32-15-9-17-35(36(32)28-51)43(53)49-45-47-37-18-7-8-20-39(37)58-45/h7-10,15-22,31H,6,11-14,23-29H2,1-5H3,(H,47,49,53)/t31-/m0/s1. The number of carbonyl (C=O) groups excluding carboxylic acids is 3. The van der Waals surface area contributed by atoms with Crippen molar-refractivity contribution in [2.45, 2.75) is 78.9 Å². The highest BCUT2D eigenvalue weighted by atomic mass is 32.1. The predicted molar refractivity (Wildman–Crippen MR) is 229 cm³/mol. The van der Waals surface area contributed by atoms with Crippen LogP contribution < -0.4 is 15.0 Å². The topological polar surface area (TPSA) is 123 Å². The smallest absolute Gasteiger partial charge is 0.358 e. The molecular weight excluding hydrogens is 751 g/mol. The quantitative estimate of drug-likeness (QED) is 0.0913. The Kier molecular flexibility index (Phi) is 12.7. The van der Waals surface area contributed by atoms with Gasteiger partial charge in [-0.05, 0) is 138 Å². The van der Waals surface area contributed by atoms with Crippen molar-refractivity contribution >= 4 is 50.3 Å². The predicted octanol–water partition coefficient (Wildman–Crippen LogP) is 8.87. The Morgan fingerprint density at radius 3 is 2.59 bits per heavy atom. The minimum atomic E-state index is -0.726. The molecule has 0 bridgehead atoms. The number of likely N-dealkylation sites (tertiary alicyclic amines) is 1. The van der Waals surface area contributed by atoms with Gasteiger partial charge in [-0.2, -0.15) is 0 Å². The maximum absolute atomic E-state index is 13.9. The van der Waals surface area contributed by atoms with Gasteiger partial charge in [0.2, 0.25) is 0 Å². The van der Waals surface area contributed by atoms with E-state index in [1.165, 1.54) is 11.3 Å². The van der Waals surface area contributed by atoms with Gasteiger partial charge in [-0.3, -0.25) is 19.8 Å². The number of nitrogens with zero attached hydrogens (tertiary/aromatic N) is 4. The summed E-state index contributed by atoms with van der Waals surface area (Å²) in [6.45, 7) is 13.7. The minimum Gasteiger partial charge on any atom is -0.493 e. The first-order chi connectivity index (χ1) is 28.0. The summed E-state index contributed by atoms with van der Waals surface area (Å²) in [6.07, 6.45) is 4.85. The van der Waals surface area contributed by atoms with Crippen molar-refractivity contribution < 1.29 is 28.6 Å². The summed E-state index contributed by atoms with van der Waals surface area (Å²) < 4.78 is 18.4. The number of benzene rings is 3. The fourth-order valence-corrected chi connectivity index (χ4v) is 8.80. The number of hydrogen-bond donors (Lipinski definition) is 1. The first-order valence-electron chi connectivity index (χ1n) is 20.3. The zero-order chi connectivity index (χ0) is 40.8. The van der Waals surface area contributed by atoms with Crippen molar-refractivity contribution in [3.8, 4) is 16.9 Å². The average molecular weight is 804 g/mol. The second-order valence-electron chi connectivity index (χ2n) is 16.1. The molecule has 1 N–H and O–H groups in total. The van der Waals surface area contributed by atoms with Crippen LogP contribution in [0.4, 0.5) is 10.9 Å². The molecule has 0 radical (unpaired) electrons. The number of piperidine rings is 1. The van der Waals surface area contributed by atoms with E-state index in [0.29, 0.717) is 67.3 Å². The molecule has 1 atom stereocenters. The Morgan fingerprint density at radius 1 is 0.948 bits per heavy atom. The highest BCUT2D eigenvalue weighted by Crippen LogP contribution is 2.36. The molecule has 7 rings (SSSR count). The molecule has 1 fully saturated rings. The molecule has 5 aromatic rings. The summed E-state index contributed by atoms with van der Waals surface area (Å²) in [5.74, 6) is 1.03. The van der Waals surface area contributed by atoms with E-state index in [2.05, 4.69) is 26.2 Å². The zero-order valence-corrected chi connectivity index (χ0v) is 35.0. The van der Waals surface area contributed by atoms with E-state index in [-0.39, 0.29) is 17.6 Å². The SMILES string of the molecule is CCOC(=O)CN1CCC[C@@H](CCCOc2cccc(-c3ccc(N4CCc5cccc(C(=O)Nc6nc7ccccc7s6)c5C4)nc3C(=O)OC(C)(C)C)c2C)C1. The summed E-state index contributed by atoms with van der Waals surface area (Å²) in [4.78, 5) is 53.5. The van der Waals surface area contributed by atoms with E-state index in [1.807, 2.05) is 101 Å². The van der Waals surface area contributed by atoms with E-state index in [1.54, 1.807) is 0 Å². The lowest BCUT2D eigenvalue weighted by molar-refractivity contribution is -0.144. The first-order valence-corrected chi connectivity index (χ1v) is 21.1. The monoisotopic (exact) mass is 803 g/mol. The van der Waals surface area contributed by atoms with Crippen LogP contribution in [0.2, 0.25) is 0 Å². The van der Waals surface area contributed by atoms with Crippen molar-refractivity contribution in [3.05, 3.63) is 101 Å². The summed E-state index contributed by atoms with van der Waals surface area (Å²) in [5, 5.41) is 3.58. The van der Waals surface area contributed by atoms with Crippen LogP contribution in [0.1, 0.15) is 90.9 Å². The lowest BCUT2D eigenvalue weighted by Crippen LogP contribution is -2.39. The molecule has 0 spiro atoms. The van der Waals surface area contributed by atoms with Crippen molar-refractivity contribution in [2.24, 2.45) is 5.92 Å². The summed E-state index contributed by atoms with van der Waals surface area (Å²) in [7, 11) is 0. The Balaban J connectivity index is 1.07. The van der Waals surface area contributed by atoms with Gasteiger partial charge in [0.25, 0.3) is 5.91 Å². The highest BCUT2D eigenvalue weighted by Gasteiger charge is 2.28. The number of aromatic nitrogens is 2. The van der Waals surface area contributed by atoms with Crippen molar-refractivity contribution in [1.82, 2.24) is 14.9 Å². The number of fused-ring (bicyclic) bond motifs is 2. The lowest BCUT2D eigenvalue weighted by atomic mass is 9.93. The number of pyridine rings is 1. The molecule has 2 aliphatic heterocycles. The largest absolute Gasteiger partial charge is 0.493 e. The van der Waals surface area contributed by atoms with Gasteiger partial charge in [-0.15, -0.1) is 0 Å². The number of esters is 2. The van der Waals surface area contributed by atoms with Gasteiger partial charge in [0.15, 0.2) is 10.8 Å². The van der Waals surface area contributed by atoms with Gasteiger partial charge in [0, 0.05) is 30.8 Å². The summed E-state index contributed by atoms with van der Waals surface area (Å²) in [5.41, 5.74) is 5.40. The lowest BCUT2D eigenvalue weighted by Gasteiger charge is -2.32. The number of nitrogens with one attached hydrogen (secondary N) is 1. The molecule has 1 saturated heterocycles. The number of ether oxygens (including phenoxy) is 3. The molecule has 0 saturated carbocycles. The Bertz CT molecular complexity index is 2250. The zero-order valence-electron chi connectivity index (χ0n) is 34.1. The van der Waals surface area contributed by atoms with Gasteiger partial charge >= 0.3 is 11.9 Å². The average Bonchev–Trinajstić information content (AvgIpc) is 3.61. The number of para-hydroxylation sites is 1. The van der Waals surface area contributed by atoms with Gasteiger partial charge in [0.1, 0.15) is 17.2 Å². The van der Waals surface area contributed by atoms with Crippen LogP contribution in [0.15, 0.2) is 72.8 Å². The molecule has 0 aliphatic carbocycles. The number of rotatable bonds is 13. The van der Waals surface area contributed by atoms with Crippen LogP contribution >= 0.6 is 11.3 Å². The molecule has 2 aromatic heterocycles. The van der Waals surface area contributed by atoms with Crippen LogP contribution in [0.5, 0.6) is 5.75 Å². The van der Waals surface area contributed by atoms with E-state index in [0.717, 1.165) is 77.0 Å². The van der Waals surface area contributed by atoms with Crippen molar-refractivity contribution in [2.75, 3.05) is 49.6 Å². The molecule has 2 aliphatic rings. The van der Waals surface area contributed by atoms with E-state index in [4.69, 9.17) is 19.2 Å². The Labute approximate surface area is 344 Å². The maximum atomic E-state index is 13.9. The fourth-order valence-electron chi connectivity index (χ4n) is 7.94. The van der Waals surface area contributed by atoms with Crippen LogP contribution in [0.25, 0.3) is 21.3 Å². The normalized spacial score (nSPS) is 15.8. The highest BCUT2D eigenvalue weighted by molar-refractivity contribution is 7.22. The maximum Gasteiger partial charge on any atom is 0.358 e. The number of thiazole rings is 1. The third kappa shape index (κ3) is 9.85. The van der Waals surface area contributed by atoms with Gasteiger partial charge in [0.05, 0.1) is 30.0 Å². The third-order valence-corrected chi connectivity index (χ3v) is 11.6. The van der Waals surface area contributed by atoms with E-state index >= 15 is 0 Å². The molecule has 1 amide bonds. The van der Waals surface area contributed by atoms with Crippen LogP contribution in [-0.4, -0.2) is 77.7 Å². The van der Waals surface area contributed by atoms with Crippen LogP contribution in [-0.2, 0) is 27.2 Å². The molecule has 0 unspecified atom stereocenters. The molecule has 11 nitrogen and oxygen atoms in total. The minimum absolute atomic E-state index is 0.156. The van der Waals surface area contributed by atoms with Crippen LogP contribution in [0, 0.1) is 12.8 Å². The molecule has 304 valence electrons. The molecule has 12 heteroatoms. The first kappa shape index (κ1) is 40.9. The Morgan fingerprint density at radius 2 is 1.78 bits per heavy atom. The van der Waals surface area contributed by atoms with Crippen LogP contribution in [0.3, 0.4) is 0 Å². The van der Waals surface area contributed by atoms with E-state index < -0.39 is 11.6 Å².